The molecule has 6 nitrogen and oxygen atoms in total. The highest BCUT2D eigenvalue weighted by Crippen LogP contribution is 2.26. The molecular weight excluding hydrogens is 312 g/mol. The average Bonchev–Trinajstić information content (AvgIpc) is 3.03. The SMILES string of the molecule is C=CCn1cnnc1S[C@@H](C)C(=O)c1[nH]c(C)c(C(C)=O)c1C. The van der Waals surface area contributed by atoms with Crippen molar-refractivity contribution in [2.75, 3.05) is 0 Å². The van der Waals surface area contributed by atoms with Crippen molar-refractivity contribution < 1.29 is 9.59 Å². The van der Waals surface area contributed by atoms with E-state index in [1.807, 2.05) is 11.5 Å². The number of H-pyrrole nitrogens is 1. The minimum atomic E-state index is -0.348. The second-order valence-electron chi connectivity index (χ2n) is 5.36. The van der Waals surface area contributed by atoms with Gasteiger partial charge in [0.1, 0.15) is 6.33 Å². The van der Waals surface area contributed by atoms with Crippen LogP contribution in [-0.2, 0) is 6.54 Å². The second-order valence-corrected chi connectivity index (χ2v) is 6.67. The Bertz CT molecular complexity index is 760. The summed E-state index contributed by atoms with van der Waals surface area (Å²) in [6.07, 6.45) is 3.36. The Morgan fingerprint density at radius 1 is 1.48 bits per heavy atom. The molecule has 0 bridgehead atoms. The van der Waals surface area contributed by atoms with Crippen molar-refractivity contribution in [3.05, 3.63) is 41.5 Å². The predicted molar refractivity (Wildman–Crippen MR) is 90.1 cm³/mol. The van der Waals surface area contributed by atoms with Gasteiger partial charge in [0.15, 0.2) is 16.7 Å². The lowest BCUT2D eigenvalue weighted by molar-refractivity contribution is 0.0988. The van der Waals surface area contributed by atoms with Crippen molar-refractivity contribution in [2.45, 2.75) is 44.6 Å². The van der Waals surface area contributed by atoms with Crippen molar-refractivity contribution in [1.82, 2.24) is 19.7 Å². The van der Waals surface area contributed by atoms with E-state index in [1.54, 1.807) is 26.3 Å². The average molecular weight is 332 g/mol. The quantitative estimate of drug-likeness (QED) is 0.479. The molecule has 0 aliphatic rings. The molecule has 1 N–H and O–H groups in total. The molecule has 0 fully saturated rings. The fourth-order valence-electron chi connectivity index (χ4n) is 2.54. The van der Waals surface area contributed by atoms with Gasteiger partial charge in [-0.3, -0.25) is 9.59 Å². The first-order valence-corrected chi connectivity index (χ1v) is 8.14. The van der Waals surface area contributed by atoms with Crippen LogP contribution < -0.4 is 0 Å². The van der Waals surface area contributed by atoms with Crippen molar-refractivity contribution in [3.8, 4) is 0 Å². The lowest BCUT2D eigenvalue weighted by Gasteiger charge is -2.10. The maximum Gasteiger partial charge on any atom is 0.192 e. The van der Waals surface area contributed by atoms with Crippen LogP contribution in [0.25, 0.3) is 0 Å². The minimum Gasteiger partial charge on any atom is -0.355 e. The van der Waals surface area contributed by atoms with Gasteiger partial charge in [0.05, 0.1) is 10.9 Å². The summed E-state index contributed by atoms with van der Waals surface area (Å²) in [7, 11) is 0. The Labute approximate surface area is 139 Å². The van der Waals surface area contributed by atoms with Gasteiger partial charge in [-0.25, -0.2) is 0 Å². The third-order valence-electron chi connectivity index (χ3n) is 3.59. The molecule has 2 heterocycles. The molecular formula is C16H20N4O2S. The van der Waals surface area contributed by atoms with Crippen LogP contribution in [-0.4, -0.2) is 36.6 Å². The molecule has 2 aromatic heterocycles. The normalized spacial score (nSPS) is 12.2. The molecule has 2 aromatic rings. The number of nitrogens with zero attached hydrogens (tertiary/aromatic N) is 3. The summed E-state index contributed by atoms with van der Waals surface area (Å²) >= 11 is 1.34. The number of aryl methyl sites for hydroxylation is 1. The number of thioether (sulfide) groups is 1. The summed E-state index contributed by atoms with van der Waals surface area (Å²) in [6, 6.07) is 0. The molecule has 0 spiro atoms. The van der Waals surface area contributed by atoms with E-state index in [2.05, 4.69) is 21.8 Å². The van der Waals surface area contributed by atoms with Gasteiger partial charge in [0.2, 0.25) is 0 Å². The van der Waals surface area contributed by atoms with Gasteiger partial charge in [0, 0.05) is 17.8 Å². The standard InChI is InChI=1S/C16H20N4O2S/c1-6-7-20-8-17-19-16(20)23-12(5)15(22)14-9(2)13(11(4)21)10(3)18-14/h6,8,12,18H,1,7H2,2-5H3/t12-/m0/s1. The Kier molecular flexibility index (Phi) is 5.20. The molecule has 0 amide bonds. The summed E-state index contributed by atoms with van der Waals surface area (Å²) in [4.78, 5) is 27.5. The van der Waals surface area contributed by atoms with Crippen LogP contribution in [0.3, 0.4) is 0 Å². The van der Waals surface area contributed by atoms with Crippen molar-refractivity contribution in [1.29, 1.82) is 0 Å². The summed E-state index contributed by atoms with van der Waals surface area (Å²) in [5, 5.41) is 8.22. The number of aromatic nitrogens is 4. The number of hydrogen-bond acceptors (Lipinski definition) is 5. The lowest BCUT2D eigenvalue weighted by atomic mass is 10.0. The van der Waals surface area contributed by atoms with Gasteiger partial charge in [-0.1, -0.05) is 17.8 Å². The van der Waals surface area contributed by atoms with E-state index >= 15 is 0 Å². The minimum absolute atomic E-state index is 0.0404. The maximum atomic E-state index is 12.7. The highest BCUT2D eigenvalue weighted by Gasteiger charge is 2.25. The largest absolute Gasteiger partial charge is 0.355 e. The van der Waals surface area contributed by atoms with Crippen LogP contribution >= 0.6 is 11.8 Å². The van der Waals surface area contributed by atoms with Gasteiger partial charge in [-0.2, -0.15) is 0 Å². The van der Waals surface area contributed by atoms with E-state index in [1.165, 1.54) is 18.7 Å². The smallest absolute Gasteiger partial charge is 0.192 e. The number of nitrogens with one attached hydrogen (secondary N) is 1. The number of ketones is 2. The number of carbonyl (C=O) groups excluding carboxylic acids is 2. The predicted octanol–water partition coefficient (Wildman–Crippen LogP) is 2.98. The topological polar surface area (TPSA) is 80.6 Å². The molecule has 0 aromatic carbocycles. The number of Topliss-reactive ketones (excluding diaryl/α,β-unsaturated/α-hetero) is 2. The fraction of sp³-hybridized carbons (Fsp3) is 0.375. The summed E-state index contributed by atoms with van der Waals surface area (Å²) in [6.45, 7) is 11.2. The zero-order chi connectivity index (χ0) is 17.1. The van der Waals surface area contributed by atoms with Gasteiger partial charge in [-0.05, 0) is 33.3 Å². The summed E-state index contributed by atoms with van der Waals surface area (Å²) in [5.41, 5.74) is 2.52. The van der Waals surface area contributed by atoms with Gasteiger partial charge < -0.3 is 9.55 Å². The third kappa shape index (κ3) is 3.44. The summed E-state index contributed by atoms with van der Waals surface area (Å²) < 4.78 is 1.83. The number of rotatable bonds is 7. The molecule has 0 aliphatic carbocycles. The van der Waals surface area contributed by atoms with E-state index in [0.29, 0.717) is 28.5 Å². The van der Waals surface area contributed by atoms with Gasteiger partial charge in [0.25, 0.3) is 0 Å². The van der Waals surface area contributed by atoms with Crippen molar-refractivity contribution >= 4 is 23.3 Å². The molecule has 2 rings (SSSR count). The van der Waals surface area contributed by atoms with Crippen LogP contribution in [0.1, 0.15) is 46.0 Å². The van der Waals surface area contributed by atoms with E-state index in [9.17, 15) is 9.59 Å². The molecule has 23 heavy (non-hydrogen) atoms. The van der Waals surface area contributed by atoms with Crippen LogP contribution in [0, 0.1) is 13.8 Å². The zero-order valence-electron chi connectivity index (χ0n) is 13.7. The molecule has 0 aliphatic heterocycles. The maximum absolute atomic E-state index is 12.7. The van der Waals surface area contributed by atoms with Crippen LogP contribution in [0.4, 0.5) is 0 Å². The summed E-state index contributed by atoms with van der Waals surface area (Å²) in [5.74, 6) is -0.0995. The Hall–Kier alpha value is -2.15. The van der Waals surface area contributed by atoms with E-state index < -0.39 is 0 Å². The van der Waals surface area contributed by atoms with Gasteiger partial charge in [-0.15, -0.1) is 16.8 Å². The van der Waals surface area contributed by atoms with Crippen LogP contribution in [0.2, 0.25) is 0 Å². The first-order chi connectivity index (χ1) is 10.9. The highest BCUT2D eigenvalue weighted by molar-refractivity contribution is 8.00. The Morgan fingerprint density at radius 2 is 2.17 bits per heavy atom. The molecule has 0 unspecified atom stereocenters. The number of carbonyl (C=O) groups is 2. The number of hydrogen-bond donors (Lipinski definition) is 1. The molecule has 7 heteroatoms. The van der Waals surface area contributed by atoms with Crippen LogP contribution in [0.15, 0.2) is 24.1 Å². The zero-order valence-corrected chi connectivity index (χ0v) is 14.5. The first-order valence-electron chi connectivity index (χ1n) is 7.26. The molecule has 0 radical (unpaired) electrons. The Balaban J connectivity index is 2.23. The second kappa shape index (κ2) is 6.95. The highest BCUT2D eigenvalue weighted by atomic mass is 32.2. The van der Waals surface area contributed by atoms with E-state index in [0.717, 1.165) is 5.69 Å². The lowest BCUT2D eigenvalue weighted by Crippen LogP contribution is -2.16. The van der Waals surface area contributed by atoms with E-state index in [4.69, 9.17) is 0 Å². The first kappa shape index (κ1) is 17.2. The van der Waals surface area contributed by atoms with Crippen molar-refractivity contribution in [2.24, 2.45) is 0 Å². The monoisotopic (exact) mass is 332 g/mol. The number of aromatic amines is 1. The molecule has 1 atom stereocenters. The van der Waals surface area contributed by atoms with Gasteiger partial charge >= 0.3 is 0 Å². The van der Waals surface area contributed by atoms with Crippen LogP contribution in [0.5, 0.6) is 0 Å². The number of allylic oxidation sites excluding steroid dienone is 1. The molecule has 0 saturated carbocycles. The fourth-order valence-corrected chi connectivity index (χ4v) is 3.43. The van der Waals surface area contributed by atoms with Crippen molar-refractivity contribution in [3.63, 3.8) is 0 Å². The van der Waals surface area contributed by atoms with E-state index in [-0.39, 0.29) is 16.8 Å². The Morgan fingerprint density at radius 3 is 2.74 bits per heavy atom. The third-order valence-corrected chi connectivity index (χ3v) is 4.69. The molecule has 122 valence electrons. The molecule has 0 saturated heterocycles.